The lowest BCUT2D eigenvalue weighted by atomic mass is 10.1. The summed E-state index contributed by atoms with van der Waals surface area (Å²) in [5.41, 5.74) is -0.519. The summed E-state index contributed by atoms with van der Waals surface area (Å²) >= 11 is 0. The zero-order valence-electron chi connectivity index (χ0n) is 12.9. The van der Waals surface area contributed by atoms with E-state index in [1.165, 1.54) is 6.42 Å². The van der Waals surface area contributed by atoms with Gasteiger partial charge in [-0.1, -0.05) is 31.9 Å². The highest BCUT2D eigenvalue weighted by Gasteiger charge is 2.20. The van der Waals surface area contributed by atoms with E-state index in [9.17, 15) is 9.90 Å². The Morgan fingerprint density at radius 1 is 1.37 bits per heavy atom. The summed E-state index contributed by atoms with van der Waals surface area (Å²) in [5, 5.41) is 12.5. The monoisotopic (exact) mass is 271 g/mol. The number of rotatable bonds is 7. The van der Waals surface area contributed by atoms with Crippen LogP contribution < -0.4 is 5.32 Å². The normalized spacial score (nSPS) is 15.3. The molecule has 112 valence electrons. The van der Waals surface area contributed by atoms with Gasteiger partial charge in [0.1, 0.15) is 5.60 Å². The Labute approximate surface area is 117 Å². The topological polar surface area (TPSA) is 58.6 Å². The van der Waals surface area contributed by atoms with Gasteiger partial charge in [-0.25, -0.2) is 4.79 Å². The smallest absolute Gasteiger partial charge is 0.407 e. The number of unbranched alkanes of at least 4 members (excludes halogenated alkanes) is 2. The van der Waals surface area contributed by atoms with Gasteiger partial charge in [-0.05, 0) is 40.5 Å². The standard InChI is InChI=1S/C15H29NO3/c1-6-7-8-9-10-11-13(17)12(2)16-14(18)19-15(3,4)5/h9-10,12-13,17H,6-8,11H2,1-5H3,(H,16,18)/b10-9+/t12-,13+/m0/s1. The molecule has 0 fully saturated rings. The minimum absolute atomic E-state index is 0.328. The van der Waals surface area contributed by atoms with Gasteiger partial charge < -0.3 is 15.2 Å². The van der Waals surface area contributed by atoms with Crippen molar-refractivity contribution >= 4 is 6.09 Å². The van der Waals surface area contributed by atoms with Crippen molar-refractivity contribution in [1.29, 1.82) is 0 Å². The van der Waals surface area contributed by atoms with Gasteiger partial charge in [-0.2, -0.15) is 0 Å². The van der Waals surface area contributed by atoms with Crippen LogP contribution in [0.3, 0.4) is 0 Å². The molecule has 0 radical (unpaired) electrons. The lowest BCUT2D eigenvalue weighted by Gasteiger charge is -2.23. The predicted molar refractivity (Wildman–Crippen MR) is 78.1 cm³/mol. The molecule has 4 nitrogen and oxygen atoms in total. The number of alkyl carbamates (subject to hydrolysis) is 1. The van der Waals surface area contributed by atoms with Crippen LogP contribution in [0.4, 0.5) is 4.79 Å². The number of carbonyl (C=O) groups is 1. The number of carbonyl (C=O) groups excluding carboxylic acids is 1. The van der Waals surface area contributed by atoms with Crippen molar-refractivity contribution in [2.45, 2.75) is 78.0 Å². The highest BCUT2D eigenvalue weighted by atomic mass is 16.6. The maximum atomic E-state index is 11.5. The molecule has 0 saturated heterocycles. The second-order valence-electron chi connectivity index (χ2n) is 5.85. The second-order valence-corrected chi connectivity index (χ2v) is 5.85. The maximum absolute atomic E-state index is 11.5. The number of ether oxygens (including phenoxy) is 1. The van der Waals surface area contributed by atoms with Gasteiger partial charge in [0.05, 0.1) is 12.1 Å². The number of allylic oxidation sites excluding steroid dienone is 1. The molecule has 1 amide bonds. The zero-order chi connectivity index (χ0) is 14.9. The molecule has 0 unspecified atom stereocenters. The summed E-state index contributed by atoms with van der Waals surface area (Å²) in [6.07, 6.45) is 6.87. The molecular weight excluding hydrogens is 242 g/mol. The molecule has 0 heterocycles. The van der Waals surface area contributed by atoms with E-state index in [4.69, 9.17) is 4.74 Å². The Bertz CT molecular complexity index is 282. The molecule has 0 bridgehead atoms. The second kappa shape index (κ2) is 8.97. The summed E-state index contributed by atoms with van der Waals surface area (Å²) in [5.74, 6) is 0. The average molecular weight is 271 g/mol. The van der Waals surface area contributed by atoms with E-state index in [2.05, 4.69) is 18.3 Å². The Kier molecular flexibility index (Phi) is 8.48. The van der Waals surface area contributed by atoms with Crippen LogP contribution in [0.1, 0.15) is 60.3 Å². The largest absolute Gasteiger partial charge is 0.444 e. The summed E-state index contributed by atoms with van der Waals surface area (Å²) < 4.78 is 5.14. The van der Waals surface area contributed by atoms with Crippen molar-refractivity contribution in [2.75, 3.05) is 0 Å². The summed E-state index contributed by atoms with van der Waals surface area (Å²) in [6.45, 7) is 9.35. The van der Waals surface area contributed by atoms with Gasteiger partial charge in [-0.3, -0.25) is 0 Å². The van der Waals surface area contributed by atoms with Crippen LogP contribution in [-0.2, 0) is 4.74 Å². The van der Waals surface area contributed by atoms with Crippen LogP contribution in [0.15, 0.2) is 12.2 Å². The Hall–Kier alpha value is -1.03. The van der Waals surface area contributed by atoms with Crippen LogP contribution in [0, 0.1) is 0 Å². The first-order valence-electron chi connectivity index (χ1n) is 7.09. The first kappa shape index (κ1) is 18.0. The molecule has 19 heavy (non-hydrogen) atoms. The number of hydrogen-bond donors (Lipinski definition) is 2. The van der Waals surface area contributed by atoms with E-state index in [1.807, 2.05) is 26.8 Å². The van der Waals surface area contributed by atoms with Gasteiger partial charge in [0, 0.05) is 0 Å². The fraction of sp³-hybridized carbons (Fsp3) is 0.800. The van der Waals surface area contributed by atoms with Gasteiger partial charge in [-0.15, -0.1) is 0 Å². The molecule has 4 heteroatoms. The van der Waals surface area contributed by atoms with Crippen LogP contribution in [0.2, 0.25) is 0 Å². The summed E-state index contributed by atoms with van der Waals surface area (Å²) in [6, 6.07) is -0.328. The van der Waals surface area contributed by atoms with Gasteiger partial charge in [0.15, 0.2) is 0 Å². The minimum Gasteiger partial charge on any atom is -0.444 e. The Balaban J connectivity index is 3.96. The van der Waals surface area contributed by atoms with E-state index < -0.39 is 17.8 Å². The minimum atomic E-state index is -0.592. The van der Waals surface area contributed by atoms with Crippen molar-refractivity contribution in [2.24, 2.45) is 0 Å². The molecule has 0 spiro atoms. The molecule has 0 aromatic carbocycles. The van der Waals surface area contributed by atoms with Crippen molar-refractivity contribution in [3.05, 3.63) is 12.2 Å². The predicted octanol–water partition coefficient (Wildman–Crippen LogP) is 3.40. The summed E-state index contributed by atoms with van der Waals surface area (Å²) in [4.78, 5) is 11.5. The highest BCUT2D eigenvalue weighted by Crippen LogP contribution is 2.08. The molecule has 0 aromatic rings. The fourth-order valence-corrected chi connectivity index (χ4v) is 1.47. The quantitative estimate of drug-likeness (QED) is 0.551. The van der Waals surface area contributed by atoms with E-state index in [0.717, 1.165) is 12.8 Å². The number of hydrogen-bond acceptors (Lipinski definition) is 3. The number of aliphatic hydroxyl groups is 1. The lowest BCUT2D eigenvalue weighted by Crippen LogP contribution is -2.43. The zero-order valence-corrected chi connectivity index (χ0v) is 12.9. The third kappa shape index (κ3) is 10.6. The highest BCUT2D eigenvalue weighted by molar-refractivity contribution is 5.68. The van der Waals surface area contributed by atoms with E-state index in [-0.39, 0.29) is 6.04 Å². The lowest BCUT2D eigenvalue weighted by molar-refractivity contribution is 0.0439. The summed E-state index contributed by atoms with van der Waals surface area (Å²) in [7, 11) is 0. The Morgan fingerprint density at radius 2 is 2.00 bits per heavy atom. The molecule has 0 aromatic heterocycles. The third-order valence-corrected chi connectivity index (χ3v) is 2.59. The van der Waals surface area contributed by atoms with Crippen LogP contribution in [-0.4, -0.2) is 28.9 Å². The van der Waals surface area contributed by atoms with Crippen molar-refractivity contribution < 1.29 is 14.6 Å². The molecule has 0 saturated carbocycles. The molecule has 0 aliphatic heterocycles. The Morgan fingerprint density at radius 3 is 2.53 bits per heavy atom. The molecule has 0 aliphatic rings. The SMILES string of the molecule is CCCC/C=C/C[C@@H](O)[C@H](C)NC(=O)OC(C)(C)C. The molecule has 0 rings (SSSR count). The van der Waals surface area contributed by atoms with Crippen molar-refractivity contribution in [3.63, 3.8) is 0 Å². The number of nitrogens with one attached hydrogen (secondary N) is 1. The van der Waals surface area contributed by atoms with E-state index in [1.54, 1.807) is 6.92 Å². The molecule has 2 N–H and O–H groups in total. The van der Waals surface area contributed by atoms with Crippen LogP contribution >= 0.6 is 0 Å². The average Bonchev–Trinajstić information content (AvgIpc) is 2.25. The first-order chi connectivity index (χ1) is 8.76. The van der Waals surface area contributed by atoms with Gasteiger partial charge >= 0.3 is 6.09 Å². The third-order valence-electron chi connectivity index (χ3n) is 2.59. The molecular formula is C15H29NO3. The molecule has 0 aliphatic carbocycles. The van der Waals surface area contributed by atoms with Crippen LogP contribution in [0.25, 0.3) is 0 Å². The number of amides is 1. The van der Waals surface area contributed by atoms with Crippen molar-refractivity contribution in [1.82, 2.24) is 5.32 Å². The van der Waals surface area contributed by atoms with Gasteiger partial charge in [0.2, 0.25) is 0 Å². The maximum Gasteiger partial charge on any atom is 0.407 e. The fourth-order valence-electron chi connectivity index (χ4n) is 1.47. The van der Waals surface area contributed by atoms with E-state index >= 15 is 0 Å². The van der Waals surface area contributed by atoms with Gasteiger partial charge in [0.25, 0.3) is 0 Å². The molecule has 2 atom stereocenters. The number of aliphatic hydroxyl groups excluding tert-OH is 1. The van der Waals surface area contributed by atoms with Crippen LogP contribution in [0.5, 0.6) is 0 Å². The van der Waals surface area contributed by atoms with E-state index in [0.29, 0.717) is 6.42 Å². The van der Waals surface area contributed by atoms with Crippen molar-refractivity contribution in [3.8, 4) is 0 Å². The first-order valence-corrected chi connectivity index (χ1v) is 7.09.